The minimum absolute atomic E-state index is 0.225. The zero-order valence-corrected chi connectivity index (χ0v) is 15.3. The Labute approximate surface area is 157 Å². The van der Waals surface area contributed by atoms with E-state index in [1.54, 1.807) is 7.11 Å². The van der Waals surface area contributed by atoms with Gasteiger partial charge in [-0.25, -0.2) is 4.79 Å². The minimum Gasteiger partial charge on any atom is -0.497 e. The van der Waals surface area contributed by atoms with E-state index in [4.69, 9.17) is 25.8 Å². The van der Waals surface area contributed by atoms with Crippen molar-refractivity contribution in [3.8, 4) is 17.2 Å². The van der Waals surface area contributed by atoms with Gasteiger partial charge in [0.2, 0.25) is 0 Å². The standard InChI is InChI=1S/C19H21ClN2O4/c1-24-15-4-2-3-14(9-15)12-22-19(23)21-6-5-13-10-16(20)18-17(11-13)25-7-8-26-18/h2-4,9-11H,5-8,12H2,1H3,(H2,21,22,23). The molecule has 1 heterocycles. The van der Waals surface area contributed by atoms with Crippen molar-refractivity contribution >= 4 is 17.6 Å². The molecule has 0 spiro atoms. The molecule has 1 aliphatic heterocycles. The molecule has 7 heteroatoms. The Balaban J connectivity index is 1.45. The molecule has 0 unspecified atom stereocenters. The zero-order chi connectivity index (χ0) is 18.4. The Morgan fingerprint density at radius 2 is 2.00 bits per heavy atom. The molecule has 138 valence electrons. The van der Waals surface area contributed by atoms with Gasteiger partial charge in [-0.15, -0.1) is 0 Å². The quantitative estimate of drug-likeness (QED) is 0.812. The number of hydrogen-bond donors (Lipinski definition) is 2. The predicted octanol–water partition coefficient (Wildman–Crippen LogP) is 3.16. The highest BCUT2D eigenvalue weighted by Gasteiger charge is 2.16. The Bertz CT molecular complexity index is 782. The summed E-state index contributed by atoms with van der Waals surface area (Å²) >= 11 is 6.22. The van der Waals surface area contributed by atoms with Gasteiger partial charge in [-0.3, -0.25) is 0 Å². The lowest BCUT2D eigenvalue weighted by molar-refractivity contribution is 0.171. The maximum Gasteiger partial charge on any atom is 0.315 e. The van der Waals surface area contributed by atoms with Crippen LogP contribution in [-0.2, 0) is 13.0 Å². The van der Waals surface area contributed by atoms with Crippen molar-refractivity contribution in [3.05, 3.63) is 52.5 Å². The molecule has 0 bridgehead atoms. The van der Waals surface area contributed by atoms with Gasteiger partial charge in [0.05, 0.1) is 12.1 Å². The van der Waals surface area contributed by atoms with Gasteiger partial charge in [0.1, 0.15) is 19.0 Å². The average molecular weight is 377 g/mol. The van der Waals surface area contributed by atoms with Crippen LogP contribution in [0.2, 0.25) is 5.02 Å². The molecule has 0 saturated heterocycles. The fraction of sp³-hybridized carbons (Fsp3) is 0.316. The van der Waals surface area contributed by atoms with Crippen LogP contribution in [0, 0.1) is 0 Å². The molecule has 26 heavy (non-hydrogen) atoms. The maximum absolute atomic E-state index is 11.9. The van der Waals surface area contributed by atoms with Crippen molar-refractivity contribution in [1.29, 1.82) is 0 Å². The largest absolute Gasteiger partial charge is 0.497 e. The zero-order valence-electron chi connectivity index (χ0n) is 14.5. The van der Waals surface area contributed by atoms with Crippen molar-refractivity contribution in [2.24, 2.45) is 0 Å². The fourth-order valence-electron chi connectivity index (χ4n) is 2.66. The van der Waals surface area contributed by atoms with Gasteiger partial charge < -0.3 is 24.8 Å². The summed E-state index contributed by atoms with van der Waals surface area (Å²) in [7, 11) is 1.61. The molecule has 0 radical (unpaired) electrons. The van der Waals surface area contributed by atoms with Crippen molar-refractivity contribution in [2.75, 3.05) is 26.9 Å². The summed E-state index contributed by atoms with van der Waals surface area (Å²) in [6, 6.07) is 11.1. The molecule has 0 fully saturated rings. The number of carbonyl (C=O) groups is 1. The number of nitrogens with one attached hydrogen (secondary N) is 2. The second kappa shape index (κ2) is 8.67. The summed E-state index contributed by atoms with van der Waals surface area (Å²) < 4.78 is 16.2. The molecule has 0 saturated carbocycles. The Morgan fingerprint density at radius 3 is 2.85 bits per heavy atom. The molecular formula is C19H21ClN2O4. The molecular weight excluding hydrogens is 356 g/mol. The van der Waals surface area contributed by atoms with Gasteiger partial charge in [-0.1, -0.05) is 23.7 Å². The molecule has 1 aliphatic rings. The highest BCUT2D eigenvalue weighted by molar-refractivity contribution is 6.32. The number of carbonyl (C=O) groups excluding carboxylic acids is 1. The van der Waals surface area contributed by atoms with E-state index in [0.717, 1.165) is 16.9 Å². The van der Waals surface area contributed by atoms with E-state index in [1.807, 2.05) is 36.4 Å². The van der Waals surface area contributed by atoms with Gasteiger partial charge in [0.25, 0.3) is 0 Å². The number of ether oxygens (including phenoxy) is 3. The van der Waals surface area contributed by atoms with Crippen LogP contribution >= 0.6 is 11.6 Å². The number of fused-ring (bicyclic) bond motifs is 1. The third-order valence-electron chi connectivity index (χ3n) is 3.94. The Morgan fingerprint density at radius 1 is 1.15 bits per heavy atom. The minimum atomic E-state index is -0.225. The van der Waals surface area contributed by atoms with E-state index in [1.165, 1.54) is 0 Å². The highest BCUT2D eigenvalue weighted by atomic mass is 35.5. The molecule has 2 aromatic carbocycles. The lowest BCUT2D eigenvalue weighted by atomic mass is 10.1. The number of urea groups is 1. The van der Waals surface area contributed by atoms with Crippen LogP contribution in [0.25, 0.3) is 0 Å². The fourth-order valence-corrected chi connectivity index (χ4v) is 2.94. The first-order valence-electron chi connectivity index (χ1n) is 8.38. The number of hydrogen-bond acceptors (Lipinski definition) is 4. The van der Waals surface area contributed by atoms with Crippen molar-refractivity contribution in [3.63, 3.8) is 0 Å². The molecule has 2 amide bonds. The third kappa shape index (κ3) is 4.73. The summed E-state index contributed by atoms with van der Waals surface area (Å²) in [6.45, 7) is 1.93. The van der Waals surface area contributed by atoms with Gasteiger partial charge in [-0.05, 0) is 41.8 Å². The van der Waals surface area contributed by atoms with Crippen molar-refractivity contribution in [1.82, 2.24) is 10.6 Å². The molecule has 0 atom stereocenters. The first-order valence-corrected chi connectivity index (χ1v) is 8.76. The summed E-state index contributed by atoms with van der Waals surface area (Å²) in [6.07, 6.45) is 0.642. The van der Waals surface area contributed by atoms with Gasteiger partial charge >= 0.3 is 6.03 Å². The normalized spacial score (nSPS) is 12.4. The van der Waals surface area contributed by atoms with Gasteiger partial charge in [0.15, 0.2) is 11.5 Å². The first kappa shape index (κ1) is 18.2. The van der Waals surface area contributed by atoms with Gasteiger partial charge in [0, 0.05) is 13.1 Å². The van der Waals surface area contributed by atoms with Crippen LogP contribution in [0.4, 0.5) is 4.79 Å². The van der Waals surface area contributed by atoms with E-state index in [0.29, 0.717) is 49.2 Å². The van der Waals surface area contributed by atoms with Crippen LogP contribution in [-0.4, -0.2) is 32.9 Å². The van der Waals surface area contributed by atoms with Gasteiger partial charge in [-0.2, -0.15) is 0 Å². The van der Waals surface area contributed by atoms with E-state index in [-0.39, 0.29) is 6.03 Å². The van der Waals surface area contributed by atoms with E-state index in [9.17, 15) is 4.79 Å². The Hall–Kier alpha value is -2.60. The topological polar surface area (TPSA) is 68.8 Å². The van der Waals surface area contributed by atoms with Crippen LogP contribution in [0.5, 0.6) is 17.2 Å². The van der Waals surface area contributed by atoms with E-state index in [2.05, 4.69) is 10.6 Å². The second-order valence-electron chi connectivity index (χ2n) is 5.81. The van der Waals surface area contributed by atoms with Crippen LogP contribution in [0.3, 0.4) is 0 Å². The van der Waals surface area contributed by atoms with Crippen molar-refractivity contribution < 1.29 is 19.0 Å². The number of halogens is 1. The highest BCUT2D eigenvalue weighted by Crippen LogP contribution is 2.38. The van der Waals surface area contributed by atoms with Crippen LogP contribution < -0.4 is 24.8 Å². The predicted molar refractivity (Wildman–Crippen MR) is 99.4 cm³/mol. The lowest BCUT2D eigenvalue weighted by Crippen LogP contribution is -2.36. The smallest absolute Gasteiger partial charge is 0.315 e. The number of rotatable bonds is 6. The van der Waals surface area contributed by atoms with E-state index >= 15 is 0 Å². The van der Waals surface area contributed by atoms with Crippen molar-refractivity contribution in [2.45, 2.75) is 13.0 Å². The summed E-state index contributed by atoms with van der Waals surface area (Å²) in [5.74, 6) is 2.01. The maximum atomic E-state index is 11.9. The lowest BCUT2D eigenvalue weighted by Gasteiger charge is -2.20. The van der Waals surface area contributed by atoms with Crippen LogP contribution in [0.15, 0.2) is 36.4 Å². The third-order valence-corrected chi connectivity index (χ3v) is 4.22. The average Bonchev–Trinajstić information content (AvgIpc) is 2.66. The number of methoxy groups -OCH3 is 1. The number of amides is 2. The molecule has 0 aromatic heterocycles. The summed E-state index contributed by atoms with van der Waals surface area (Å²) in [4.78, 5) is 11.9. The van der Waals surface area contributed by atoms with Crippen LogP contribution in [0.1, 0.15) is 11.1 Å². The second-order valence-corrected chi connectivity index (χ2v) is 6.22. The molecule has 2 aromatic rings. The number of benzene rings is 2. The summed E-state index contributed by atoms with van der Waals surface area (Å²) in [5.41, 5.74) is 1.95. The van der Waals surface area contributed by atoms with E-state index < -0.39 is 0 Å². The SMILES string of the molecule is COc1cccc(CNC(=O)NCCc2cc(Cl)c3c(c2)OCCO3)c1. The molecule has 6 nitrogen and oxygen atoms in total. The first-order chi connectivity index (χ1) is 12.7. The molecule has 2 N–H and O–H groups in total. The molecule has 3 rings (SSSR count). The monoisotopic (exact) mass is 376 g/mol. The molecule has 0 aliphatic carbocycles. The summed E-state index contributed by atoms with van der Waals surface area (Å²) in [5, 5.41) is 6.18. The Kier molecular flexibility index (Phi) is 6.07.